The molecule has 2 aliphatic heterocycles. The molecule has 0 bridgehead atoms. The van der Waals surface area contributed by atoms with Crippen LogP contribution in [0.5, 0.6) is 0 Å². The van der Waals surface area contributed by atoms with Crippen molar-refractivity contribution in [2.45, 2.75) is 58.0 Å². The Hall–Kier alpha value is -2.22. The monoisotopic (exact) mass is 375 g/mol. The predicted octanol–water partition coefficient (Wildman–Crippen LogP) is 2.18. The second-order valence-corrected chi connectivity index (χ2v) is 8.03. The molecule has 2 aromatic heterocycles. The Bertz CT molecular complexity index is 961. The summed E-state index contributed by atoms with van der Waals surface area (Å²) in [6, 6.07) is -0.780. The molecule has 1 saturated heterocycles. The van der Waals surface area contributed by atoms with Gasteiger partial charge >= 0.3 is 5.97 Å². The Morgan fingerprint density at radius 1 is 1.19 bits per heavy atom. The number of aryl methyl sites for hydroxylation is 2. The molecule has 0 spiro atoms. The van der Waals surface area contributed by atoms with Crippen LogP contribution < -0.4 is 5.56 Å². The van der Waals surface area contributed by atoms with Crippen LogP contribution in [0.3, 0.4) is 0 Å². The first-order chi connectivity index (χ1) is 12.5. The van der Waals surface area contributed by atoms with Gasteiger partial charge < -0.3 is 10.0 Å². The lowest BCUT2D eigenvalue weighted by molar-refractivity contribution is -0.141. The second-order valence-electron chi connectivity index (χ2n) is 7.03. The van der Waals surface area contributed by atoms with Gasteiger partial charge in [-0.15, -0.1) is 11.3 Å². The van der Waals surface area contributed by atoms with Crippen molar-refractivity contribution >= 4 is 33.4 Å². The van der Waals surface area contributed by atoms with Crippen molar-refractivity contribution in [2.24, 2.45) is 0 Å². The Balaban J connectivity index is 1.81. The summed E-state index contributed by atoms with van der Waals surface area (Å²) in [7, 11) is 0. The molecule has 8 heteroatoms. The fourth-order valence-electron chi connectivity index (χ4n) is 4.01. The van der Waals surface area contributed by atoms with Gasteiger partial charge in [-0.25, -0.2) is 9.78 Å². The second kappa shape index (κ2) is 6.50. The normalized spacial score (nSPS) is 20.2. The number of rotatable bonds is 2. The van der Waals surface area contributed by atoms with Crippen LogP contribution in [-0.2, 0) is 17.8 Å². The maximum atomic E-state index is 13.0. The number of nitrogens with zero attached hydrogens (tertiary/aromatic N) is 3. The van der Waals surface area contributed by atoms with Crippen molar-refractivity contribution in [1.29, 1.82) is 0 Å². The van der Waals surface area contributed by atoms with Crippen molar-refractivity contribution in [3.8, 4) is 0 Å². The fourth-order valence-corrected chi connectivity index (χ4v) is 5.16. The van der Waals surface area contributed by atoms with E-state index in [-0.39, 0.29) is 11.5 Å². The number of aliphatic carboxylic acids is 1. The van der Waals surface area contributed by atoms with Gasteiger partial charge in [0.05, 0.1) is 10.3 Å². The van der Waals surface area contributed by atoms with Crippen LogP contribution in [0.4, 0.5) is 0 Å². The van der Waals surface area contributed by atoms with Crippen LogP contribution in [0.2, 0.25) is 0 Å². The first-order valence-electron chi connectivity index (χ1n) is 9.05. The molecule has 4 rings (SSSR count). The number of carbonyl (C=O) groups is 2. The largest absolute Gasteiger partial charge is 0.480 e. The molecule has 0 aliphatic carbocycles. The van der Waals surface area contributed by atoms with Crippen molar-refractivity contribution in [1.82, 2.24) is 14.5 Å². The Morgan fingerprint density at radius 3 is 2.77 bits per heavy atom. The third kappa shape index (κ3) is 2.63. The van der Waals surface area contributed by atoms with Gasteiger partial charge in [0, 0.05) is 19.5 Å². The maximum Gasteiger partial charge on any atom is 0.326 e. The molecular weight excluding hydrogens is 354 g/mol. The van der Waals surface area contributed by atoms with E-state index in [1.165, 1.54) is 16.2 Å². The summed E-state index contributed by atoms with van der Waals surface area (Å²) < 4.78 is 1.75. The number of aromatic nitrogens is 2. The number of likely N-dealkylation sites (tertiary alicyclic amines) is 1. The van der Waals surface area contributed by atoms with E-state index in [4.69, 9.17) is 0 Å². The molecule has 7 nitrogen and oxygen atoms in total. The van der Waals surface area contributed by atoms with E-state index in [1.54, 1.807) is 11.5 Å². The molecule has 2 aliphatic rings. The minimum Gasteiger partial charge on any atom is -0.480 e. The molecule has 0 unspecified atom stereocenters. The van der Waals surface area contributed by atoms with Gasteiger partial charge in [-0.1, -0.05) is 6.42 Å². The van der Waals surface area contributed by atoms with Crippen molar-refractivity contribution in [3.63, 3.8) is 0 Å². The van der Waals surface area contributed by atoms with E-state index >= 15 is 0 Å². The lowest BCUT2D eigenvalue weighted by atomic mass is 10.1. The van der Waals surface area contributed by atoms with Crippen LogP contribution in [0.25, 0.3) is 10.2 Å². The molecule has 1 fully saturated rings. The van der Waals surface area contributed by atoms with E-state index in [9.17, 15) is 19.5 Å². The van der Waals surface area contributed by atoms with E-state index < -0.39 is 12.0 Å². The highest BCUT2D eigenvalue weighted by atomic mass is 32.1. The number of hydrogen-bond donors (Lipinski definition) is 1. The molecule has 2 aromatic rings. The molecule has 0 saturated carbocycles. The Labute approximate surface area is 154 Å². The maximum absolute atomic E-state index is 13.0. The van der Waals surface area contributed by atoms with Gasteiger partial charge in [0.1, 0.15) is 16.7 Å². The van der Waals surface area contributed by atoms with Gasteiger partial charge in [0.25, 0.3) is 11.5 Å². The predicted molar refractivity (Wildman–Crippen MR) is 97.9 cm³/mol. The number of fused-ring (bicyclic) bond motifs is 2. The Kier molecular flexibility index (Phi) is 4.30. The minimum atomic E-state index is -0.973. The van der Waals surface area contributed by atoms with E-state index in [0.29, 0.717) is 46.6 Å². The van der Waals surface area contributed by atoms with Crippen LogP contribution in [0.1, 0.15) is 53.2 Å². The minimum absolute atomic E-state index is 0.0732. The quantitative estimate of drug-likeness (QED) is 0.868. The third-order valence-corrected chi connectivity index (χ3v) is 6.58. The van der Waals surface area contributed by atoms with E-state index in [1.807, 2.05) is 0 Å². The SMILES string of the molecule is Cc1c(C(=O)N2CCC[C@@H]2C(=O)O)sc2nc3n(c(=O)c12)CCCCC3. The first kappa shape index (κ1) is 17.2. The summed E-state index contributed by atoms with van der Waals surface area (Å²) in [6.45, 7) is 2.87. The van der Waals surface area contributed by atoms with Gasteiger partial charge in [0.15, 0.2) is 0 Å². The highest BCUT2D eigenvalue weighted by Crippen LogP contribution is 2.31. The molecule has 0 radical (unpaired) electrons. The van der Waals surface area contributed by atoms with Crippen LogP contribution in [0, 0.1) is 6.92 Å². The van der Waals surface area contributed by atoms with Gasteiger partial charge in [-0.2, -0.15) is 0 Å². The highest BCUT2D eigenvalue weighted by molar-refractivity contribution is 7.20. The molecule has 4 heterocycles. The average Bonchev–Trinajstić information content (AvgIpc) is 3.14. The average molecular weight is 375 g/mol. The lowest BCUT2D eigenvalue weighted by Crippen LogP contribution is -2.40. The number of carboxylic acid groups (broad SMARTS) is 1. The zero-order valence-corrected chi connectivity index (χ0v) is 15.5. The van der Waals surface area contributed by atoms with Crippen LogP contribution in [-0.4, -0.2) is 44.0 Å². The molecular formula is C18H21N3O4S. The van der Waals surface area contributed by atoms with Gasteiger partial charge in [-0.3, -0.25) is 14.2 Å². The molecule has 138 valence electrons. The molecule has 1 N–H and O–H groups in total. The molecule has 1 atom stereocenters. The number of thiophene rings is 1. The highest BCUT2D eigenvalue weighted by Gasteiger charge is 2.36. The smallest absolute Gasteiger partial charge is 0.326 e. The molecule has 1 amide bonds. The summed E-state index contributed by atoms with van der Waals surface area (Å²) >= 11 is 1.22. The first-order valence-corrected chi connectivity index (χ1v) is 9.87. The standard InChI is InChI=1S/C18H21N3O4S/c1-10-13-15(19-12-7-3-2-4-8-21(12)16(13)22)26-14(10)17(23)20-9-5-6-11(20)18(24)25/h11H,2-9H2,1H3,(H,24,25)/t11-/m1/s1. The number of hydrogen-bond acceptors (Lipinski definition) is 5. The van der Waals surface area contributed by atoms with Gasteiger partial charge in [-0.05, 0) is 38.2 Å². The summed E-state index contributed by atoms with van der Waals surface area (Å²) in [4.78, 5) is 44.5. The molecule has 26 heavy (non-hydrogen) atoms. The summed E-state index contributed by atoms with van der Waals surface area (Å²) in [5.41, 5.74) is 0.555. The molecule has 0 aromatic carbocycles. The number of carbonyl (C=O) groups excluding carboxylic acids is 1. The summed E-state index contributed by atoms with van der Waals surface area (Å²) in [5.74, 6) is -0.473. The fraction of sp³-hybridized carbons (Fsp3) is 0.556. The summed E-state index contributed by atoms with van der Waals surface area (Å²) in [5, 5.41) is 9.86. The zero-order chi connectivity index (χ0) is 18.4. The van der Waals surface area contributed by atoms with Crippen LogP contribution >= 0.6 is 11.3 Å². The van der Waals surface area contributed by atoms with Crippen LogP contribution in [0.15, 0.2) is 4.79 Å². The van der Waals surface area contributed by atoms with Gasteiger partial charge in [0.2, 0.25) is 0 Å². The van der Waals surface area contributed by atoms with E-state index in [2.05, 4.69) is 4.98 Å². The number of carboxylic acids is 1. The topological polar surface area (TPSA) is 92.5 Å². The summed E-state index contributed by atoms with van der Waals surface area (Å²) in [6.07, 6.45) is 5.00. The lowest BCUT2D eigenvalue weighted by Gasteiger charge is -2.20. The van der Waals surface area contributed by atoms with E-state index in [0.717, 1.165) is 31.5 Å². The van der Waals surface area contributed by atoms with Crippen molar-refractivity contribution < 1.29 is 14.7 Å². The number of amides is 1. The third-order valence-electron chi connectivity index (χ3n) is 5.40. The van der Waals surface area contributed by atoms with Crippen molar-refractivity contribution in [2.75, 3.05) is 6.54 Å². The Morgan fingerprint density at radius 2 is 2.00 bits per heavy atom. The zero-order valence-electron chi connectivity index (χ0n) is 14.7. The van der Waals surface area contributed by atoms with Crippen molar-refractivity contribution in [3.05, 3.63) is 26.6 Å².